The molecule has 0 unspecified atom stereocenters. The van der Waals surface area contributed by atoms with Crippen LogP contribution in [-0.4, -0.2) is 25.3 Å². The van der Waals surface area contributed by atoms with E-state index in [-0.39, 0.29) is 18.6 Å². The smallest absolute Gasteiger partial charge is 0.261 e. The summed E-state index contributed by atoms with van der Waals surface area (Å²) in [6.45, 7) is 4.38. The fourth-order valence-corrected chi connectivity index (χ4v) is 2.85. The molecule has 0 saturated heterocycles. The van der Waals surface area contributed by atoms with E-state index in [9.17, 15) is 4.79 Å². The van der Waals surface area contributed by atoms with Crippen LogP contribution in [0, 0.1) is 0 Å². The van der Waals surface area contributed by atoms with E-state index in [0.29, 0.717) is 6.61 Å². The Hall–Kier alpha value is -3.34. The number of benzene rings is 3. The van der Waals surface area contributed by atoms with Gasteiger partial charge in [0.15, 0.2) is 6.61 Å². The molecule has 3 aromatic carbocycles. The molecule has 5 nitrogen and oxygen atoms in total. The van der Waals surface area contributed by atoms with Crippen LogP contribution in [0.4, 0.5) is 0 Å². The Morgan fingerprint density at radius 3 is 2.57 bits per heavy atom. The number of rotatable bonds is 8. The third-order valence-corrected chi connectivity index (χ3v) is 4.31. The Kier molecular flexibility index (Phi) is 6.63. The summed E-state index contributed by atoms with van der Waals surface area (Å²) in [4.78, 5) is 17.2. The summed E-state index contributed by atoms with van der Waals surface area (Å²) < 4.78 is 5.39. The van der Waals surface area contributed by atoms with Crippen molar-refractivity contribution >= 4 is 22.9 Å². The molecule has 0 bridgehead atoms. The minimum absolute atomic E-state index is 0.115. The lowest BCUT2D eigenvalue weighted by molar-refractivity contribution is -0.126. The summed E-state index contributed by atoms with van der Waals surface area (Å²) in [5.74, 6) is 0.590. The minimum atomic E-state index is -0.218. The standard InChI is InChI=1S/C23H24N2O3/c1-3-27-22-12-8-18(9-13-22)15-24-28-16-23(26)25-17(2)20-11-10-19-6-4-5-7-21(19)14-20/h4-15,17H,3,16H2,1-2H3,(H,25,26)/b24-15-/t17-/m0/s1. The number of ether oxygens (including phenoxy) is 1. The van der Waals surface area contributed by atoms with Crippen molar-refractivity contribution < 1.29 is 14.4 Å². The van der Waals surface area contributed by atoms with Crippen molar-refractivity contribution in [3.05, 3.63) is 77.9 Å². The van der Waals surface area contributed by atoms with Crippen LogP contribution in [0.25, 0.3) is 10.8 Å². The molecule has 0 fully saturated rings. The van der Waals surface area contributed by atoms with Crippen LogP contribution in [0.15, 0.2) is 71.9 Å². The van der Waals surface area contributed by atoms with E-state index in [1.54, 1.807) is 6.21 Å². The van der Waals surface area contributed by atoms with E-state index in [1.807, 2.05) is 56.3 Å². The van der Waals surface area contributed by atoms with Crippen LogP contribution in [0.3, 0.4) is 0 Å². The Morgan fingerprint density at radius 2 is 1.82 bits per heavy atom. The van der Waals surface area contributed by atoms with Gasteiger partial charge in [0.25, 0.3) is 5.91 Å². The van der Waals surface area contributed by atoms with E-state index in [2.05, 4.69) is 34.7 Å². The Labute approximate surface area is 165 Å². The van der Waals surface area contributed by atoms with Gasteiger partial charge in [-0.2, -0.15) is 0 Å². The fourth-order valence-electron chi connectivity index (χ4n) is 2.85. The van der Waals surface area contributed by atoms with E-state index < -0.39 is 0 Å². The molecule has 0 aromatic heterocycles. The van der Waals surface area contributed by atoms with Gasteiger partial charge in [0.1, 0.15) is 5.75 Å². The number of amides is 1. The van der Waals surface area contributed by atoms with Gasteiger partial charge in [-0.25, -0.2) is 0 Å². The number of nitrogens with one attached hydrogen (secondary N) is 1. The monoisotopic (exact) mass is 376 g/mol. The van der Waals surface area contributed by atoms with E-state index in [0.717, 1.165) is 22.3 Å². The van der Waals surface area contributed by atoms with Crippen molar-refractivity contribution in [2.45, 2.75) is 19.9 Å². The number of hydrogen-bond donors (Lipinski definition) is 1. The molecule has 1 atom stereocenters. The summed E-state index contributed by atoms with van der Waals surface area (Å²) in [6, 6.07) is 21.7. The topological polar surface area (TPSA) is 59.9 Å². The molecular formula is C23H24N2O3. The molecule has 0 aliphatic rings. The van der Waals surface area contributed by atoms with Crippen molar-refractivity contribution in [3.63, 3.8) is 0 Å². The second-order valence-electron chi connectivity index (χ2n) is 6.41. The minimum Gasteiger partial charge on any atom is -0.494 e. The maximum absolute atomic E-state index is 12.1. The Morgan fingerprint density at radius 1 is 1.07 bits per heavy atom. The third-order valence-electron chi connectivity index (χ3n) is 4.31. The third kappa shape index (κ3) is 5.33. The van der Waals surface area contributed by atoms with E-state index in [4.69, 9.17) is 9.57 Å². The average molecular weight is 376 g/mol. The van der Waals surface area contributed by atoms with Crippen LogP contribution in [0.2, 0.25) is 0 Å². The van der Waals surface area contributed by atoms with Crippen molar-refractivity contribution in [2.75, 3.05) is 13.2 Å². The highest BCUT2D eigenvalue weighted by Crippen LogP contribution is 2.20. The van der Waals surface area contributed by atoms with Crippen molar-refractivity contribution in [1.29, 1.82) is 0 Å². The van der Waals surface area contributed by atoms with E-state index in [1.165, 1.54) is 5.39 Å². The lowest BCUT2D eigenvalue weighted by atomic mass is 10.0. The molecule has 1 N–H and O–H groups in total. The molecule has 3 aromatic rings. The first kappa shape index (κ1) is 19.4. The van der Waals surface area contributed by atoms with Gasteiger partial charge in [-0.15, -0.1) is 0 Å². The molecule has 0 heterocycles. The Balaban J connectivity index is 1.47. The number of hydrogen-bond acceptors (Lipinski definition) is 4. The van der Waals surface area contributed by atoms with Gasteiger partial charge >= 0.3 is 0 Å². The van der Waals surface area contributed by atoms with Gasteiger partial charge in [-0.05, 0) is 66.1 Å². The van der Waals surface area contributed by atoms with Crippen LogP contribution >= 0.6 is 0 Å². The normalized spacial score (nSPS) is 12.1. The van der Waals surface area contributed by atoms with Gasteiger partial charge in [0.2, 0.25) is 0 Å². The molecule has 0 spiro atoms. The zero-order valence-corrected chi connectivity index (χ0v) is 16.1. The number of carbonyl (C=O) groups excluding carboxylic acids is 1. The quantitative estimate of drug-likeness (QED) is 0.466. The fraction of sp³-hybridized carbons (Fsp3) is 0.217. The highest BCUT2D eigenvalue weighted by molar-refractivity contribution is 5.83. The van der Waals surface area contributed by atoms with Crippen LogP contribution in [-0.2, 0) is 9.63 Å². The SMILES string of the molecule is CCOc1ccc(/C=N\OCC(=O)N[C@@H](C)c2ccc3ccccc3c2)cc1. The molecular weight excluding hydrogens is 352 g/mol. The summed E-state index contributed by atoms with van der Waals surface area (Å²) in [5.41, 5.74) is 1.92. The predicted octanol–water partition coefficient (Wildman–Crippen LogP) is 4.47. The zero-order chi connectivity index (χ0) is 19.8. The van der Waals surface area contributed by atoms with Gasteiger partial charge in [0, 0.05) is 0 Å². The molecule has 5 heteroatoms. The molecule has 144 valence electrons. The van der Waals surface area contributed by atoms with Gasteiger partial charge in [-0.1, -0.05) is 41.6 Å². The Bertz CT molecular complexity index is 951. The van der Waals surface area contributed by atoms with Gasteiger partial charge in [0.05, 0.1) is 18.9 Å². The second-order valence-corrected chi connectivity index (χ2v) is 6.41. The number of carbonyl (C=O) groups is 1. The lowest BCUT2D eigenvalue weighted by Gasteiger charge is -2.14. The van der Waals surface area contributed by atoms with Crippen LogP contribution in [0.1, 0.15) is 31.0 Å². The zero-order valence-electron chi connectivity index (χ0n) is 16.1. The first-order valence-corrected chi connectivity index (χ1v) is 9.32. The number of fused-ring (bicyclic) bond motifs is 1. The second kappa shape index (κ2) is 9.55. The van der Waals surface area contributed by atoms with Gasteiger partial charge < -0.3 is 14.9 Å². The van der Waals surface area contributed by atoms with Crippen molar-refractivity contribution in [2.24, 2.45) is 5.16 Å². The van der Waals surface area contributed by atoms with Crippen LogP contribution in [0.5, 0.6) is 5.75 Å². The average Bonchev–Trinajstić information content (AvgIpc) is 2.72. The molecule has 28 heavy (non-hydrogen) atoms. The number of oxime groups is 1. The summed E-state index contributed by atoms with van der Waals surface area (Å²) in [5, 5.41) is 9.11. The molecule has 0 radical (unpaired) electrons. The van der Waals surface area contributed by atoms with Crippen LogP contribution < -0.4 is 10.1 Å². The first-order valence-electron chi connectivity index (χ1n) is 9.32. The van der Waals surface area contributed by atoms with Gasteiger partial charge in [-0.3, -0.25) is 4.79 Å². The highest BCUT2D eigenvalue weighted by Gasteiger charge is 2.10. The van der Waals surface area contributed by atoms with Crippen molar-refractivity contribution in [3.8, 4) is 5.75 Å². The summed E-state index contributed by atoms with van der Waals surface area (Å²) in [6.07, 6.45) is 1.57. The molecule has 1 amide bonds. The molecule has 0 aliphatic carbocycles. The molecule has 3 rings (SSSR count). The van der Waals surface area contributed by atoms with Crippen molar-refractivity contribution in [1.82, 2.24) is 5.32 Å². The molecule has 0 aliphatic heterocycles. The predicted molar refractivity (Wildman–Crippen MR) is 112 cm³/mol. The summed E-state index contributed by atoms with van der Waals surface area (Å²) >= 11 is 0. The highest BCUT2D eigenvalue weighted by atomic mass is 16.6. The maximum Gasteiger partial charge on any atom is 0.261 e. The summed E-state index contributed by atoms with van der Waals surface area (Å²) in [7, 11) is 0. The lowest BCUT2D eigenvalue weighted by Crippen LogP contribution is -2.29. The number of nitrogens with zero attached hydrogens (tertiary/aromatic N) is 1. The largest absolute Gasteiger partial charge is 0.494 e. The maximum atomic E-state index is 12.1. The molecule has 0 saturated carbocycles. The van der Waals surface area contributed by atoms with E-state index >= 15 is 0 Å². The first-order chi connectivity index (χ1) is 13.7.